The first-order valence-electron chi connectivity index (χ1n) is 7.69. The quantitative estimate of drug-likeness (QED) is 0.783. The molecule has 3 aromatic carbocycles. The minimum atomic E-state index is -0.535. The van der Waals surface area contributed by atoms with E-state index in [2.05, 4.69) is 5.32 Å². The number of fused-ring (bicyclic) bond motifs is 1. The Bertz CT molecular complexity index is 877. The SMILES string of the molecule is O=C1N[C@@H](c2cccc(Oc3ccccc3)c2)Oc2ccccc21. The molecule has 4 nitrogen and oxygen atoms in total. The van der Waals surface area contributed by atoms with Crippen molar-refractivity contribution < 1.29 is 14.3 Å². The van der Waals surface area contributed by atoms with Gasteiger partial charge in [0, 0.05) is 5.56 Å². The van der Waals surface area contributed by atoms with Crippen LogP contribution in [-0.4, -0.2) is 5.91 Å². The van der Waals surface area contributed by atoms with Crippen LogP contribution in [0, 0.1) is 0 Å². The number of carbonyl (C=O) groups is 1. The lowest BCUT2D eigenvalue weighted by molar-refractivity contribution is 0.0756. The fourth-order valence-electron chi connectivity index (χ4n) is 2.63. The summed E-state index contributed by atoms with van der Waals surface area (Å²) in [5.41, 5.74) is 1.37. The zero-order valence-corrected chi connectivity index (χ0v) is 12.8. The van der Waals surface area contributed by atoms with Gasteiger partial charge in [0.15, 0.2) is 6.23 Å². The first-order valence-corrected chi connectivity index (χ1v) is 7.69. The lowest BCUT2D eigenvalue weighted by Crippen LogP contribution is -2.36. The van der Waals surface area contributed by atoms with Crippen molar-refractivity contribution in [2.75, 3.05) is 0 Å². The van der Waals surface area contributed by atoms with E-state index in [1.54, 1.807) is 12.1 Å². The number of rotatable bonds is 3. The summed E-state index contributed by atoms with van der Waals surface area (Å²) in [5, 5.41) is 2.86. The van der Waals surface area contributed by atoms with Gasteiger partial charge in [0.05, 0.1) is 5.56 Å². The lowest BCUT2D eigenvalue weighted by atomic mass is 10.1. The highest BCUT2D eigenvalue weighted by Crippen LogP contribution is 2.31. The second-order valence-corrected chi connectivity index (χ2v) is 5.46. The van der Waals surface area contributed by atoms with Crippen LogP contribution in [0.5, 0.6) is 17.2 Å². The van der Waals surface area contributed by atoms with Gasteiger partial charge in [-0.25, -0.2) is 0 Å². The molecule has 3 aromatic rings. The van der Waals surface area contributed by atoms with Gasteiger partial charge >= 0.3 is 0 Å². The van der Waals surface area contributed by atoms with Crippen LogP contribution in [0.1, 0.15) is 22.1 Å². The molecule has 4 heteroatoms. The Balaban J connectivity index is 1.59. The van der Waals surface area contributed by atoms with E-state index in [1.807, 2.05) is 66.7 Å². The molecule has 1 aliphatic rings. The van der Waals surface area contributed by atoms with Gasteiger partial charge in [0.1, 0.15) is 17.2 Å². The van der Waals surface area contributed by atoms with Crippen molar-refractivity contribution in [3.05, 3.63) is 90.0 Å². The summed E-state index contributed by atoms with van der Waals surface area (Å²) in [7, 11) is 0. The summed E-state index contributed by atoms with van der Waals surface area (Å²) in [5.74, 6) is 1.89. The summed E-state index contributed by atoms with van der Waals surface area (Å²) >= 11 is 0. The van der Waals surface area contributed by atoms with E-state index in [0.717, 1.165) is 11.3 Å². The molecule has 1 heterocycles. The van der Waals surface area contributed by atoms with Crippen LogP contribution in [-0.2, 0) is 0 Å². The Labute approximate surface area is 139 Å². The van der Waals surface area contributed by atoms with Gasteiger partial charge in [-0.3, -0.25) is 4.79 Å². The first kappa shape index (κ1) is 14.3. The number of hydrogen-bond acceptors (Lipinski definition) is 3. The predicted molar refractivity (Wildman–Crippen MR) is 90.2 cm³/mol. The van der Waals surface area contributed by atoms with Crippen LogP contribution in [0.4, 0.5) is 0 Å². The van der Waals surface area contributed by atoms with Crippen LogP contribution >= 0.6 is 0 Å². The van der Waals surface area contributed by atoms with Gasteiger partial charge in [0.25, 0.3) is 5.91 Å². The molecule has 4 rings (SSSR count). The lowest BCUT2D eigenvalue weighted by Gasteiger charge is -2.27. The summed E-state index contributed by atoms with van der Waals surface area (Å²) in [6.45, 7) is 0. The molecule has 118 valence electrons. The molecule has 0 saturated carbocycles. The van der Waals surface area contributed by atoms with Gasteiger partial charge in [-0.05, 0) is 36.4 Å². The minimum absolute atomic E-state index is 0.142. The molecule has 0 saturated heterocycles. The van der Waals surface area contributed by atoms with E-state index >= 15 is 0 Å². The molecule has 24 heavy (non-hydrogen) atoms. The zero-order valence-electron chi connectivity index (χ0n) is 12.8. The maximum atomic E-state index is 12.2. The number of carbonyl (C=O) groups excluding carboxylic acids is 1. The average Bonchev–Trinajstić information content (AvgIpc) is 2.63. The van der Waals surface area contributed by atoms with Crippen molar-refractivity contribution in [3.63, 3.8) is 0 Å². The summed E-state index contributed by atoms with van der Waals surface area (Å²) in [4.78, 5) is 12.2. The van der Waals surface area contributed by atoms with Crippen LogP contribution < -0.4 is 14.8 Å². The Morgan fingerprint density at radius 2 is 1.58 bits per heavy atom. The molecule has 0 aliphatic carbocycles. The Morgan fingerprint density at radius 3 is 2.46 bits per heavy atom. The molecule has 0 radical (unpaired) electrons. The smallest absolute Gasteiger partial charge is 0.258 e. The van der Waals surface area contributed by atoms with Crippen molar-refractivity contribution >= 4 is 5.91 Å². The van der Waals surface area contributed by atoms with Crippen molar-refractivity contribution in [3.8, 4) is 17.2 Å². The second-order valence-electron chi connectivity index (χ2n) is 5.46. The summed E-state index contributed by atoms with van der Waals surface area (Å²) < 4.78 is 11.7. The number of amides is 1. The fraction of sp³-hybridized carbons (Fsp3) is 0.0500. The van der Waals surface area contributed by atoms with Crippen molar-refractivity contribution in [1.29, 1.82) is 0 Å². The topological polar surface area (TPSA) is 47.6 Å². The number of ether oxygens (including phenoxy) is 2. The monoisotopic (exact) mass is 317 g/mol. The van der Waals surface area contributed by atoms with Gasteiger partial charge in [-0.15, -0.1) is 0 Å². The van der Waals surface area contributed by atoms with E-state index in [4.69, 9.17) is 9.47 Å². The maximum Gasteiger partial charge on any atom is 0.258 e. The molecular formula is C20H15NO3. The number of para-hydroxylation sites is 2. The molecule has 0 spiro atoms. The van der Waals surface area contributed by atoms with Gasteiger partial charge < -0.3 is 14.8 Å². The maximum absolute atomic E-state index is 12.2. The molecule has 1 atom stereocenters. The molecule has 1 N–H and O–H groups in total. The molecule has 0 fully saturated rings. The van der Waals surface area contributed by atoms with Gasteiger partial charge in [-0.2, -0.15) is 0 Å². The first-order chi connectivity index (χ1) is 11.8. The van der Waals surface area contributed by atoms with E-state index in [1.165, 1.54) is 0 Å². The Hall–Kier alpha value is -3.27. The largest absolute Gasteiger partial charge is 0.466 e. The molecule has 1 amide bonds. The third kappa shape index (κ3) is 2.82. The number of benzene rings is 3. The Morgan fingerprint density at radius 1 is 0.833 bits per heavy atom. The van der Waals surface area contributed by atoms with E-state index in [0.29, 0.717) is 17.1 Å². The highest BCUT2D eigenvalue weighted by Gasteiger charge is 2.26. The van der Waals surface area contributed by atoms with Crippen molar-refractivity contribution in [2.45, 2.75) is 6.23 Å². The average molecular weight is 317 g/mol. The van der Waals surface area contributed by atoms with Crippen molar-refractivity contribution in [2.24, 2.45) is 0 Å². The highest BCUT2D eigenvalue weighted by molar-refractivity contribution is 5.97. The summed E-state index contributed by atoms with van der Waals surface area (Å²) in [6, 6.07) is 24.3. The van der Waals surface area contributed by atoms with Crippen LogP contribution in [0.3, 0.4) is 0 Å². The predicted octanol–water partition coefficient (Wildman–Crippen LogP) is 4.30. The van der Waals surface area contributed by atoms with Gasteiger partial charge in [0.2, 0.25) is 0 Å². The van der Waals surface area contributed by atoms with Crippen molar-refractivity contribution in [1.82, 2.24) is 5.32 Å². The van der Waals surface area contributed by atoms with E-state index in [9.17, 15) is 4.79 Å². The highest BCUT2D eigenvalue weighted by atomic mass is 16.5. The van der Waals surface area contributed by atoms with E-state index < -0.39 is 6.23 Å². The molecule has 1 aliphatic heterocycles. The Kier molecular flexibility index (Phi) is 3.63. The van der Waals surface area contributed by atoms with Crippen LogP contribution in [0.25, 0.3) is 0 Å². The number of nitrogens with one attached hydrogen (secondary N) is 1. The number of hydrogen-bond donors (Lipinski definition) is 1. The van der Waals surface area contributed by atoms with E-state index in [-0.39, 0.29) is 5.91 Å². The minimum Gasteiger partial charge on any atom is -0.466 e. The standard InChI is InChI=1S/C20H15NO3/c22-19-17-11-4-5-12-18(17)24-20(21-19)14-7-6-10-16(13-14)23-15-8-2-1-3-9-15/h1-13,20H,(H,21,22)/t20-/m1/s1. The molecular weight excluding hydrogens is 302 g/mol. The third-order valence-electron chi connectivity index (χ3n) is 3.78. The fourth-order valence-corrected chi connectivity index (χ4v) is 2.63. The second kappa shape index (κ2) is 6.08. The zero-order chi connectivity index (χ0) is 16.4. The molecule has 0 bridgehead atoms. The van der Waals surface area contributed by atoms with Gasteiger partial charge in [-0.1, -0.05) is 42.5 Å². The molecule has 0 aromatic heterocycles. The normalized spacial score (nSPS) is 15.8. The van der Waals surface area contributed by atoms with Crippen LogP contribution in [0.2, 0.25) is 0 Å². The molecule has 0 unspecified atom stereocenters. The summed E-state index contributed by atoms with van der Waals surface area (Å²) in [6.07, 6.45) is -0.535. The third-order valence-corrected chi connectivity index (χ3v) is 3.78. The van der Waals surface area contributed by atoms with Crippen LogP contribution in [0.15, 0.2) is 78.9 Å².